The normalized spacial score (nSPS) is 16.8. The Balaban J connectivity index is 4.70. The van der Waals surface area contributed by atoms with Crippen LogP contribution in [0.3, 0.4) is 0 Å². The van der Waals surface area contributed by atoms with Crippen LogP contribution in [0, 0.1) is 0 Å². The fourth-order valence-electron chi connectivity index (χ4n) is 0.753. The third kappa shape index (κ3) is 3.53. The molecule has 0 radical (unpaired) electrons. The molecule has 0 saturated carbocycles. The van der Waals surface area contributed by atoms with Crippen molar-refractivity contribution in [1.82, 2.24) is 4.90 Å². The molecule has 0 aromatic heterocycles. The zero-order chi connectivity index (χ0) is 10.2. The van der Waals surface area contributed by atoms with E-state index < -0.39 is 21.4 Å². The quantitative estimate of drug-likeness (QED) is 0.466. The van der Waals surface area contributed by atoms with Crippen molar-refractivity contribution >= 4 is 15.9 Å². The summed E-state index contributed by atoms with van der Waals surface area (Å²) in [5.41, 5.74) is -2.38. The Labute approximate surface area is 70.7 Å². The van der Waals surface area contributed by atoms with E-state index in [0.717, 1.165) is 14.1 Å². The Morgan fingerprint density at radius 3 is 1.42 bits per heavy atom. The van der Waals surface area contributed by atoms with Crippen molar-refractivity contribution in [3.05, 3.63) is 0 Å². The molecule has 12 heavy (non-hydrogen) atoms. The molecule has 7 nitrogen and oxygen atoms in total. The third-order valence-electron chi connectivity index (χ3n) is 1.04. The van der Waals surface area contributed by atoms with Crippen LogP contribution in [0.1, 0.15) is 0 Å². The molecule has 0 bridgehead atoms. The number of rotatable bonds is 3. The third-order valence-corrected chi connectivity index (χ3v) is 4.83. The average molecular weight is 216 g/mol. The van der Waals surface area contributed by atoms with Gasteiger partial charge >= 0.3 is 0 Å². The van der Waals surface area contributed by atoms with Crippen LogP contribution in [0.25, 0.3) is 0 Å². The van der Waals surface area contributed by atoms with E-state index in [9.17, 15) is 24.5 Å². The van der Waals surface area contributed by atoms with Crippen LogP contribution in [-0.2, 0) is 0 Å². The second-order valence-corrected chi connectivity index (χ2v) is 6.01. The molecule has 1 unspecified atom stereocenters. The largest absolute Gasteiger partial charge is 0.684 e. The molecule has 0 heterocycles. The Bertz CT molecular complexity index is 136. The minimum Gasteiger partial charge on any atom is -0.684 e. The molecule has 0 aliphatic rings. The van der Waals surface area contributed by atoms with Gasteiger partial charge < -0.3 is 24.5 Å². The SMILES string of the molecule is CN(C)C([P+]([O-])([O-])[O-])[P+]([O-])([O-])O. The van der Waals surface area contributed by atoms with Crippen LogP contribution in [-0.4, -0.2) is 29.4 Å². The first kappa shape index (κ1) is 12.6. The maximum atomic E-state index is 10.4. The van der Waals surface area contributed by atoms with Crippen molar-refractivity contribution in [2.75, 3.05) is 14.1 Å². The van der Waals surface area contributed by atoms with E-state index in [-0.39, 0.29) is 0 Å². The fourth-order valence-corrected chi connectivity index (χ4v) is 3.33. The van der Waals surface area contributed by atoms with Gasteiger partial charge in [0.05, 0.1) is 0 Å². The molecule has 1 atom stereocenters. The highest BCUT2D eigenvalue weighted by Gasteiger charge is 2.34. The van der Waals surface area contributed by atoms with Gasteiger partial charge in [0.2, 0.25) is 5.52 Å². The highest BCUT2D eigenvalue weighted by molar-refractivity contribution is 7.73. The van der Waals surface area contributed by atoms with Gasteiger partial charge in [-0.3, -0.25) is 4.89 Å². The molecule has 0 saturated heterocycles. The Kier molecular flexibility index (Phi) is 3.94. The summed E-state index contributed by atoms with van der Waals surface area (Å²) < 4.78 is 0. The molecule has 0 aliphatic carbocycles. The molecular weight excluding hydrogens is 208 g/mol. The first-order chi connectivity index (χ1) is 5.07. The van der Waals surface area contributed by atoms with Crippen LogP contribution in [0.2, 0.25) is 0 Å². The van der Waals surface area contributed by atoms with Gasteiger partial charge in [0, 0.05) is 0 Å². The van der Waals surface area contributed by atoms with Gasteiger partial charge in [0.1, 0.15) is 7.94 Å². The summed E-state index contributed by atoms with van der Waals surface area (Å²) in [7, 11) is -8.39. The summed E-state index contributed by atoms with van der Waals surface area (Å²) in [6.45, 7) is 0. The smallest absolute Gasteiger partial charge is 0.221 e. The van der Waals surface area contributed by atoms with Crippen molar-refractivity contribution < 1.29 is 29.4 Å². The molecule has 1 N–H and O–H groups in total. The first-order valence-corrected chi connectivity index (χ1v) is 6.04. The number of hydrogen-bond donors (Lipinski definition) is 1. The van der Waals surface area contributed by atoms with E-state index in [1.165, 1.54) is 0 Å². The first-order valence-electron chi connectivity index (χ1n) is 2.78. The van der Waals surface area contributed by atoms with Crippen LogP contribution in [0.15, 0.2) is 0 Å². The molecule has 0 rings (SSSR count). The lowest BCUT2D eigenvalue weighted by Gasteiger charge is -2.54. The minimum absolute atomic E-state index is 0.620. The van der Waals surface area contributed by atoms with E-state index in [0.29, 0.717) is 4.90 Å². The van der Waals surface area contributed by atoms with Crippen molar-refractivity contribution in [2.45, 2.75) is 5.52 Å². The Morgan fingerprint density at radius 2 is 1.42 bits per heavy atom. The summed E-state index contributed by atoms with van der Waals surface area (Å²) in [6.07, 6.45) is 0. The zero-order valence-corrected chi connectivity index (χ0v) is 8.20. The lowest BCUT2D eigenvalue weighted by molar-refractivity contribution is -0.434. The lowest BCUT2D eigenvalue weighted by Crippen LogP contribution is -2.52. The summed E-state index contributed by atoms with van der Waals surface area (Å²) in [6, 6.07) is 0. The Morgan fingerprint density at radius 1 is 1.08 bits per heavy atom. The zero-order valence-electron chi connectivity index (χ0n) is 6.41. The lowest BCUT2D eigenvalue weighted by atomic mass is 11.0. The molecule has 9 heteroatoms. The summed E-state index contributed by atoms with van der Waals surface area (Å²) in [5, 5.41) is 0. The minimum atomic E-state index is -5.35. The Hall–Kier alpha value is 0.580. The number of nitrogens with zero attached hydrogens (tertiary/aromatic N) is 1. The van der Waals surface area contributed by atoms with Gasteiger partial charge in [-0.25, -0.2) is 4.90 Å². The summed E-state index contributed by atoms with van der Waals surface area (Å²) in [4.78, 5) is 60.7. The highest BCUT2D eigenvalue weighted by Crippen LogP contribution is 2.57. The molecule has 0 fully saturated rings. The summed E-state index contributed by atoms with van der Waals surface area (Å²) in [5.74, 6) is 0. The number of hydrogen-bond acceptors (Lipinski definition) is 7. The van der Waals surface area contributed by atoms with Crippen molar-refractivity contribution in [2.24, 2.45) is 0 Å². The molecule has 0 aromatic rings. The topological polar surface area (TPSA) is 139 Å². The molecule has 0 spiro atoms. The van der Waals surface area contributed by atoms with E-state index in [1.807, 2.05) is 0 Å². The standard InChI is InChI=1S/C3H11NO6P2/c1-4(2)3(11(5,6)7)12(8,9)10/h3H,1-2H3,(H2,5,6,7)(H2,8,9,10)/p-3. The van der Waals surface area contributed by atoms with Gasteiger partial charge in [-0.15, -0.1) is 0 Å². The fraction of sp³-hybridized carbons (Fsp3) is 1.00. The van der Waals surface area contributed by atoms with Gasteiger partial charge in [0.15, 0.2) is 0 Å². The molecule has 0 aliphatic heterocycles. The van der Waals surface area contributed by atoms with E-state index in [4.69, 9.17) is 4.89 Å². The molecule has 74 valence electrons. The average Bonchev–Trinajstić information content (AvgIpc) is 1.49. The van der Waals surface area contributed by atoms with Crippen molar-refractivity contribution in [1.29, 1.82) is 0 Å². The van der Waals surface area contributed by atoms with Gasteiger partial charge in [-0.2, -0.15) is 0 Å². The van der Waals surface area contributed by atoms with Crippen LogP contribution in [0.4, 0.5) is 0 Å². The van der Waals surface area contributed by atoms with E-state index in [2.05, 4.69) is 0 Å². The van der Waals surface area contributed by atoms with Gasteiger partial charge in [0.25, 0.3) is 0 Å². The molecule has 0 amide bonds. The highest BCUT2D eigenvalue weighted by atomic mass is 31.3. The second-order valence-electron chi connectivity index (χ2n) is 2.41. The summed E-state index contributed by atoms with van der Waals surface area (Å²) >= 11 is 0. The van der Waals surface area contributed by atoms with Crippen molar-refractivity contribution in [3.63, 3.8) is 0 Å². The van der Waals surface area contributed by atoms with Gasteiger partial charge in [-0.1, -0.05) is 7.94 Å². The molecule has 0 aromatic carbocycles. The van der Waals surface area contributed by atoms with Crippen molar-refractivity contribution in [3.8, 4) is 0 Å². The van der Waals surface area contributed by atoms with Crippen LogP contribution in [0.5, 0.6) is 0 Å². The van der Waals surface area contributed by atoms with E-state index >= 15 is 0 Å². The molecular formula is C3H8NO6P2-3. The monoisotopic (exact) mass is 216 g/mol. The predicted octanol–water partition coefficient (Wildman–Crippen LogP) is -4.85. The maximum Gasteiger partial charge on any atom is 0.221 e. The predicted molar refractivity (Wildman–Crippen MR) is 33.5 cm³/mol. The van der Waals surface area contributed by atoms with Crippen LogP contribution >= 0.6 is 15.9 Å². The van der Waals surface area contributed by atoms with E-state index in [1.54, 1.807) is 0 Å². The van der Waals surface area contributed by atoms with Gasteiger partial charge in [-0.05, 0) is 14.1 Å². The van der Waals surface area contributed by atoms with Crippen LogP contribution < -0.4 is 24.5 Å². The maximum absolute atomic E-state index is 10.4. The second kappa shape index (κ2) is 3.75.